The summed E-state index contributed by atoms with van der Waals surface area (Å²) >= 11 is 0. The van der Waals surface area contributed by atoms with E-state index in [-0.39, 0.29) is 12.6 Å². The van der Waals surface area contributed by atoms with Gasteiger partial charge < -0.3 is 9.84 Å². The summed E-state index contributed by atoms with van der Waals surface area (Å²) in [5.74, 6) is 0. The number of hydrogen-bond acceptors (Lipinski definition) is 7. The van der Waals surface area contributed by atoms with Crippen LogP contribution >= 0.6 is 0 Å². The zero-order valence-electron chi connectivity index (χ0n) is 18.4. The number of amidine groups is 1. The van der Waals surface area contributed by atoms with Gasteiger partial charge in [-0.2, -0.15) is 0 Å². The predicted octanol–water partition coefficient (Wildman–Crippen LogP) is 3.39. The van der Waals surface area contributed by atoms with Crippen molar-refractivity contribution in [1.82, 2.24) is 14.7 Å². The van der Waals surface area contributed by atoms with E-state index < -0.39 is 26.9 Å². The van der Waals surface area contributed by atoms with Crippen molar-refractivity contribution >= 4 is 16.0 Å². The van der Waals surface area contributed by atoms with E-state index >= 15 is 0 Å². The van der Waals surface area contributed by atoms with Gasteiger partial charge in [0.1, 0.15) is 17.2 Å². The third-order valence-corrected chi connectivity index (χ3v) is 7.39. The minimum atomic E-state index is -3.87. The molecule has 4 rings (SSSR count). The number of ether oxygens (including phenoxy) is 1. The van der Waals surface area contributed by atoms with Crippen LogP contribution in [0.15, 0.2) is 78.3 Å². The molecule has 2 N–H and O–H groups in total. The van der Waals surface area contributed by atoms with Crippen molar-refractivity contribution in [2.45, 2.75) is 37.2 Å². The first-order chi connectivity index (χ1) is 15.8. The Labute approximate surface area is 193 Å². The Morgan fingerprint density at radius 1 is 1.09 bits per heavy atom. The molecule has 172 valence electrons. The number of aliphatic hydroxyl groups is 1. The molecule has 2 atom stereocenters. The van der Waals surface area contributed by atoms with Crippen LogP contribution in [0.2, 0.25) is 0 Å². The SMILES string of the molecule is CC1(C)OC(=N[C@@H](CCO)c2ccccc2)NS(=O)(=O)C1c1cccc(-c2cncnc2)c1. The number of aromatic nitrogens is 2. The average molecular weight is 467 g/mol. The summed E-state index contributed by atoms with van der Waals surface area (Å²) in [5.41, 5.74) is 1.94. The van der Waals surface area contributed by atoms with Crippen molar-refractivity contribution in [3.8, 4) is 11.1 Å². The molecule has 2 aromatic carbocycles. The Hall–Kier alpha value is -3.30. The van der Waals surface area contributed by atoms with E-state index in [0.29, 0.717) is 12.0 Å². The van der Waals surface area contributed by atoms with Gasteiger partial charge >= 0.3 is 0 Å². The number of aliphatic hydroxyl groups excluding tert-OH is 1. The summed E-state index contributed by atoms with van der Waals surface area (Å²) in [5, 5.41) is 8.52. The second-order valence-corrected chi connectivity index (χ2v) is 10.1. The highest BCUT2D eigenvalue weighted by atomic mass is 32.2. The van der Waals surface area contributed by atoms with Gasteiger partial charge in [0.05, 0.1) is 6.04 Å². The fraction of sp³-hybridized carbons (Fsp3) is 0.292. The Morgan fingerprint density at radius 2 is 1.82 bits per heavy atom. The maximum Gasteiger partial charge on any atom is 0.299 e. The van der Waals surface area contributed by atoms with Crippen LogP contribution < -0.4 is 4.72 Å². The normalized spacial score (nSPS) is 21.1. The molecule has 1 aromatic heterocycles. The second-order valence-electron chi connectivity index (χ2n) is 8.36. The summed E-state index contributed by atoms with van der Waals surface area (Å²) in [6, 6.07) is 16.1. The van der Waals surface area contributed by atoms with Crippen molar-refractivity contribution in [1.29, 1.82) is 0 Å². The number of aliphatic imine (C=N–C) groups is 1. The summed E-state index contributed by atoms with van der Waals surface area (Å²) in [4.78, 5) is 12.6. The Kier molecular flexibility index (Phi) is 6.44. The van der Waals surface area contributed by atoms with Crippen molar-refractivity contribution in [3.63, 3.8) is 0 Å². The molecule has 1 unspecified atom stereocenters. The fourth-order valence-corrected chi connectivity index (χ4v) is 5.84. The Bertz CT molecular complexity index is 1230. The van der Waals surface area contributed by atoms with Gasteiger partial charge in [0, 0.05) is 24.6 Å². The van der Waals surface area contributed by atoms with Gasteiger partial charge in [0.2, 0.25) is 10.0 Å². The number of nitrogens with zero attached hydrogens (tertiary/aromatic N) is 3. The van der Waals surface area contributed by atoms with E-state index in [1.165, 1.54) is 6.33 Å². The van der Waals surface area contributed by atoms with Crippen molar-refractivity contribution in [3.05, 3.63) is 84.4 Å². The molecule has 0 radical (unpaired) electrons. The molecule has 1 saturated heterocycles. The summed E-state index contributed by atoms with van der Waals surface area (Å²) < 4.78 is 35.4. The van der Waals surface area contributed by atoms with E-state index in [1.807, 2.05) is 42.5 Å². The molecule has 2 heterocycles. The van der Waals surface area contributed by atoms with E-state index in [0.717, 1.165) is 16.7 Å². The average Bonchev–Trinajstić information content (AvgIpc) is 2.78. The van der Waals surface area contributed by atoms with Gasteiger partial charge in [-0.15, -0.1) is 0 Å². The van der Waals surface area contributed by atoms with Crippen LogP contribution in [0, 0.1) is 0 Å². The quantitative estimate of drug-likeness (QED) is 0.576. The van der Waals surface area contributed by atoms with Crippen molar-refractivity contribution in [2.75, 3.05) is 6.61 Å². The van der Waals surface area contributed by atoms with Crippen LogP contribution in [-0.2, 0) is 14.8 Å². The maximum absolute atomic E-state index is 13.4. The van der Waals surface area contributed by atoms with Gasteiger partial charge in [-0.3, -0.25) is 0 Å². The number of sulfonamides is 1. The maximum atomic E-state index is 13.4. The largest absolute Gasteiger partial charge is 0.457 e. The highest BCUT2D eigenvalue weighted by molar-refractivity contribution is 7.90. The highest BCUT2D eigenvalue weighted by Gasteiger charge is 2.48. The molecule has 1 aliphatic heterocycles. The molecule has 1 fully saturated rings. The molecule has 8 nitrogen and oxygen atoms in total. The molecular formula is C24H26N4O4S. The summed E-state index contributed by atoms with van der Waals surface area (Å²) in [6.45, 7) is 3.37. The van der Waals surface area contributed by atoms with Crippen LogP contribution in [0.3, 0.4) is 0 Å². The van der Waals surface area contributed by atoms with Crippen LogP contribution in [0.1, 0.15) is 42.7 Å². The molecule has 1 aliphatic rings. The third kappa shape index (κ3) is 5.04. The summed E-state index contributed by atoms with van der Waals surface area (Å²) in [6.07, 6.45) is 5.14. The Morgan fingerprint density at radius 3 is 2.48 bits per heavy atom. The number of hydrogen-bond donors (Lipinski definition) is 2. The van der Waals surface area contributed by atoms with Crippen molar-refractivity contribution < 1.29 is 18.3 Å². The molecule has 0 aliphatic carbocycles. The van der Waals surface area contributed by atoms with Gasteiger partial charge in [0.15, 0.2) is 0 Å². The van der Waals surface area contributed by atoms with Crippen molar-refractivity contribution in [2.24, 2.45) is 4.99 Å². The highest BCUT2D eigenvalue weighted by Crippen LogP contribution is 2.40. The monoisotopic (exact) mass is 466 g/mol. The lowest BCUT2D eigenvalue weighted by Gasteiger charge is -2.39. The minimum Gasteiger partial charge on any atom is -0.457 e. The van der Waals surface area contributed by atoms with E-state index in [4.69, 9.17) is 4.74 Å². The molecule has 0 bridgehead atoms. The Balaban J connectivity index is 1.68. The first kappa shape index (κ1) is 22.9. The lowest BCUT2D eigenvalue weighted by molar-refractivity contribution is 0.0759. The van der Waals surface area contributed by atoms with E-state index in [2.05, 4.69) is 19.7 Å². The predicted molar refractivity (Wildman–Crippen MR) is 126 cm³/mol. The minimum absolute atomic E-state index is 0.0776. The third-order valence-electron chi connectivity index (χ3n) is 5.47. The molecule has 0 amide bonds. The number of rotatable bonds is 6. The van der Waals surface area contributed by atoms with Crippen LogP contribution in [0.4, 0.5) is 0 Å². The van der Waals surface area contributed by atoms with Gasteiger partial charge in [-0.25, -0.2) is 28.1 Å². The van der Waals surface area contributed by atoms with Gasteiger partial charge in [0.25, 0.3) is 6.02 Å². The van der Waals surface area contributed by atoms with Crippen LogP contribution in [0.25, 0.3) is 11.1 Å². The second kappa shape index (κ2) is 9.29. The lowest BCUT2D eigenvalue weighted by atomic mass is 9.95. The van der Waals surface area contributed by atoms with Gasteiger partial charge in [-0.1, -0.05) is 48.5 Å². The molecule has 0 spiro atoms. The standard InChI is InChI=1S/C24H26N4O4S/c1-24(2)22(19-10-6-9-18(13-19)20-14-25-16-26-15-20)33(30,31)28-23(32-24)27-21(11-12-29)17-7-4-3-5-8-17/h3-10,13-16,21-22,29H,11-12H2,1-2H3,(H,27,28)/t21-,22?/m0/s1. The van der Waals surface area contributed by atoms with E-state index in [1.54, 1.807) is 38.4 Å². The summed E-state index contributed by atoms with van der Waals surface area (Å²) in [7, 11) is -3.87. The zero-order valence-corrected chi connectivity index (χ0v) is 19.2. The first-order valence-corrected chi connectivity index (χ1v) is 12.1. The smallest absolute Gasteiger partial charge is 0.299 e. The zero-order chi connectivity index (χ0) is 23.5. The van der Waals surface area contributed by atoms with Gasteiger partial charge in [-0.05, 0) is 43.0 Å². The lowest BCUT2D eigenvalue weighted by Crippen LogP contribution is -2.53. The number of benzene rings is 2. The fourth-order valence-electron chi connectivity index (χ4n) is 4.09. The topological polar surface area (TPSA) is 114 Å². The molecule has 9 heteroatoms. The van der Waals surface area contributed by atoms with Crippen LogP contribution in [0.5, 0.6) is 0 Å². The molecular weight excluding hydrogens is 440 g/mol. The van der Waals surface area contributed by atoms with E-state index in [9.17, 15) is 13.5 Å². The first-order valence-electron chi connectivity index (χ1n) is 10.6. The molecule has 3 aromatic rings. The number of nitrogens with one attached hydrogen (secondary N) is 1. The molecule has 33 heavy (non-hydrogen) atoms. The van der Waals surface area contributed by atoms with Crippen LogP contribution in [-0.4, -0.2) is 41.7 Å². The molecule has 0 saturated carbocycles.